The van der Waals surface area contributed by atoms with Gasteiger partial charge in [0.05, 0.1) is 9.92 Å². The Morgan fingerprint density at radius 1 is 1.29 bits per heavy atom. The number of carbonyl (C=O) groups excluding carboxylic acids is 1. The van der Waals surface area contributed by atoms with Crippen LogP contribution >= 0.6 is 11.6 Å². The predicted molar refractivity (Wildman–Crippen MR) is 112 cm³/mol. The molecule has 2 aromatic rings. The van der Waals surface area contributed by atoms with E-state index in [1.54, 1.807) is 32.3 Å². The second-order valence-electron chi connectivity index (χ2n) is 7.03. The van der Waals surface area contributed by atoms with Gasteiger partial charge in [-0.25, -0.2) is 13.9 Å². The summed E-state index contributed by atoms with van der Waals surface area (Å²) in [6.07, 6.45) is 4.58. The van der Waals surface area contributed by atoms with Crippen molar-refractivity contribution < 1.29 is 9.00 Å². The van der Waals surface area contributed by atoms with Crippen molar-refractivity contribution in [1.82, 2.24) is 14.6 Å². The Balaban J connectivity index is 2.00. The summed E-state index contributed by atoms with van der Waals surface area (Å²) in [6.45, 7) is 0. The number of hydrogen-bond acceptors (Lipinski definition) is 4. The van der Waals surface area contributed by atoms with E-state index >= 15 is 0 Å². The van der Waals surface area contributed by atoms with Crippen molar-refractivity contribution in [2.24, 2.45) is 16.5 Å². The maximum absolute atomic E-state index is 13.1. The highest BCUT2D eigenvalue weighted by molar-refractivity contribution is 7.83. The van der Waals surface area contributed by atoms with Gasteiger partial charge in [-0.3, -0.25) is 4.79 Å². The molecule has 1 aliphatic rings. The number of rotatable bonds is 5. The number of carbonyl (C=O) groups is 1. The lowest BCUT2D eigenvalue weighted by Crippen LogP contribution is -2.55. The highest BCUT2D eigenvalue weighted by Gasteiger charge is 2.43. The van der Waals surface area contributed by atoms with Crippen LogP contribution in [0.25, 0.3) is 10.8 Å². The molecule has 10 heteroatoms. The fourth-order valence-electron chi connectivity index (χ4n) is 3.50. The maximum atomic E-state index is 13.1. The van der Waals surface area contributed by atoms with E-state index in [0.717, 1.165) is 12.8 Å². The summed E-state index contributed by atoms with van der Waals surface area (Å²) < 4.78 is 16.2. The molecular formula is C18H23ClN6O2S. The molecule has 1 saturated carbocycles. The largest absolute Gasteiger partial charge is 0.370 e. The van der Waals surface area contributed by atoms with E-state index in [0.29, 0.717) is 33.5 Å². The normalized spacial score (nSPS) is 16.7. The molecule has 8 nitrogen and oxygen atoms in total. The van der Waals surface area contributed by atoms with Crippen molar-refractivity contribution >= 4 is 51.0 Å². The number of amides is 1. The van der Waals surface area contributed by atoms with Crippen LogP contribution in [0.3, 0.4) is 0 Å². The smallest absolute Gasteiger partial charge is 0.243 e. The van der Waals surface area contributed by atoms with Gasteiger partial charge in [-0.1, -0.05) is 30.5 Å². The number of halogens is 1. The van der Waals surface area contributed by atoms with Gasteiger partial charge >= 0.3 is 0 Å². The molecule has 0 bridgehead atoms. The number of benzene rings is 1. The van der Waals surface area contributed by atoms with Crippen LogP contribution in [0.5, 0.6) is 0 Å². The average molecular weight is 423 g/mol. The summed E-state index contributed by atoms with van der Waals surface area (Å²) in [4.78, 5) is 22.9. The molecule has 1 aromatic heterocycles. The third-order valence-electron chi connectivity index (χ3n) is 4.80. The quantitative estimate of drug-likeness (QED) is 0.500. The standard InChI is InChI=1S/C18H23ClN6O2S/c1-25(2)16(26)18(7-3-4-8-18)24-28(27)11-5-6-12-13(9-11)15(23-17(20)21)22-10-14(12)19/h5-6,9-10,24H,3-4,7-8H2,1-2H3,(H4,20,21,22,23). The van der Waals surface area contributed by atoms with Crippen LogP contribution in [-0.4, -0.2) is 45.6 Å². The number of hydrogen-bond donors (Lipinski definition) is 3. The molecule has 0 saturated heterocycles. The number of guanidine groups is 1. The van der Waals surface area contributed by atoms with Gasteiger partial charge in [0.15, 0.2) is 11.8 Å². The first-order valence-corrected chi connectivity index (χ1v) is 10.4. The molecule has 5 N–H and O–H groups in total. The van der Waals surface area contributed by atoms with Gasteiger partial charge < -0.3 is 16.4 Å². The number of fused-ring (bicyclic) bond motifs is 1. The lowest BCUT2D eigenvalue weighted by atomic mass is 9.98. The van der Waals surface area contributed by atoms with E-state index in [4.69, 9.17) is 23.1 Å². The molecule has 150 valence electrons. The highest BCUT2D eigenvalue weighted by Crippen LogP contribution is 2.34. The van der Waals surface area contributed by atoms with Crippen LogP contribution in [-0.2, 0) is 15.8 Å². The molecule has 28 heavy (non-hydrogen) atoms. The van der Waals surface area contributed by atoms with E-state index in [-0.39, 0.29) is 17.7 Å². The number of nitrogens with zero attached hydrogens (tertiary/aromatic N) is 3. The van der Waals surface area contributed by atoms with Crippen LogP contribution in [0.15, 0.2) is 34.3 Å². The van der Waals surface area contributed by atoms with Gasteiger partial charge in [0.1, 0.15) is 16.5 Å². The van der Waals surface area contributed by atoms with E-state index in [1.807, 2.05) is 0 Å². The van der Waals surface area contributed by atoms with Crippen molar-refractivity contribution in [3.8, 4) is 0 Å². The lowest BCUT2D eigenvalue weighted by molar-refractivity contribution is -0.134. The zero-order valence-corrected chi connectivity index (χ0v) is 17.3. The maximum Gasteiger partial charge on any atom is 0.243 e. The van der Waals surface area contributed by atoms with Crippen LogP contribution in [0.1, 0.15) is 25.7 Å². The minimum Gasteiger partial charge on any atom is -0.370 e. The molecule has 1 unspecified atom stereocenters. The average Bonchev–Trinajstić information content (AvgIpc) is 3.12. The zero-order valence-electron chi connectivity index (χ0n) is 15.7. The van der Waals surface area contributed by atoms with Gasteiger partial charge in [0.25, 0.3) is 0 Å². The minimum atomic E-state index is -1.61. The fourth-order valence-corrected chi connectivity index (χ4v) is 4.90. The summed E-state index contributed by atoms with van der Waals surface area (Å²) in [5.74, 6) is 0.0884. The highest BCUT2D eigenvalue weighted by atomic mass is 35.5. The lowest BCUT2D eigenvalue weighted by Gasteiger charge is -2.31. The van der Waals surface area contributed by atoms with Gasteiger partial charge in [0.2, 0.25) is 5.91 Å². The topological polar surface area (TPSA) is 127 Å². The number of nitrogens with two attached hydrogens (primary N) is 2. The first-order chi connectivity index (χ1) is 13.2. The molecular weight excluding hydrogens is 400 g/mol. The molecule has 1 amide bonds. The SMILES string of the molecule is CN(C)C(=O)C1(NS(=O)c2ccc3c(Cl)cnc(N=C(N)N)c3c2)CCCC1. The number of aromatic nitrogens is 1. The van der Waals surface area contributed by atoms with Crippen molar-refractivity contribution in [2.45, 2.75) is 36.1 Å². The molecule has 1 atom stereocenters. The molecule has 0 radical (unpaired) electrons. The van der Waals surface area contributed by atoms with Crippen LogP contribution in [0.4, 0.5) is 5.82 Å². The first kappa shape index (κ1) is 20.5. The van der Waals surface area contributed by atoms with E-state index in [1.165, 1.54) is 11.1 Å². The van der Waals surface area contributed by atoms with E-state index in [2.05, 4.69) is 14.7 Å². The van der Waals surface area contributed by atoms with E-state index in [9.17, 15) is 9.00 Å². The summed E-state index contributed by atoms with van der Waals surface area (Å²) >= 11 is 6.22. The number of aliphatic imine (C=N–C) groups is 1. The van der Waals surface area contributed by atoms with Crippen molar-refractivity contribution in [3.05, 3.63) is 29.4 Å². The summed E-state index contributed by atoms with van der Waals surface area (Å²) in [5.41, 5.74) is 10.1. The molecule has 1 aliphatic carbocycles. The molecule has 1 heterocycles. The van der Waals surface area contributed by atoms with Crippen molar-refractivity contribution in [3.63, 3.8) is 0 Å². The third-order valence-corrected chi connectivity index (χ3v) is 6.36. The van der Waals surface area contributed by atoms with Crippen LogP contribution in [0, 0.1) is 0 Å². The Hall–Kier alpha value is -2.23. The fraction of sp³-hybridized carbons (Fsp3) is 0.389. The number of nitrogens with one attached hydrogen (secondary N) is 1. The van der Waals surface area contributed by atoms with Gasteiger partial charge in [-0.05, 0) is 25.0 Å². The molecule has 1 aromatic carbocycles. The minimum absolute atomic E-state index is 0.0648. The van der Waals surface area contributed by atoms with Gasteiger partial charge in [0, 0.05) is 31.1 Å². The second kappa shape index (κ2) is 8.02. The second-order valence-corrected chi connectivity index (χ2v) is 8.65. The molecule has 0 spiro atoms. The van der Waals surface area contributed by atoms with Crippen LogP contribution < -0.4 is 16.2 Å². The number of pyridine rings is 1. The van der Waals surface area contributed by atoms with Gasteiger partial charge in [-0.2, -0.15) is 4.99 Å². The Morgan fingerprint density at radius 3 is 2.57 bits per heavy atom. The summed E-state index contributed by atoms with van der Waals surface area (Å²) in [6, 6.07) is 5.14. The first-order valence-electron chi connectivity index (χ1n) is 8.83. The van der Waals surface area contributed by atoms with Crippen LogP contribution in [0.2, 0.25) is 5.02 Å². The van der Waals surface area contributed by atoms with Crippen molar-refractivity contribution in [1.29, 1.82) is 0 Å². The Kier molecular flexibility index (Phi) is 5.87. The Morgan fingerprint density at radius 2 is 1.96 bits per heavy atom. The zero-order chi connectivity index (χ0) is 20.5. The Labute approximate surface area is 170 Å². The predicted octanol–water partition coefficient (Wildman–Crippen LogP) is 1.81. The monoisotopic (exact) mass is 422 g/mol. The molecule has 3 rings (SSSR count). The van der Waals surface area contributed by atoms with Gasteiger partial charge in [-0.15, -0.1) is 0 Å². The number of likely N-dealkylation sites (N-methyl/N-ethyl adjacent to an activating group) is 1. The Bertz CT molecular complexity index is 968. The molecule has 0 aliphatic heterocycles. The molecule has 1 fully saturated rings. The summed E-state index contributed by atoms with van der Waals surface area (Å²) in [5, 5.41) is 1.70. The van der Waals surface area contributed by atoms with E-state index < -0.39 is 16.5 Å². The third kappa shape index (κ3) is 3.96. The van der Waals surface area contributed by atoms with Crippen molar-refractivity contribution in [2.75, 3.05) is 14.1 Å². The summed E-state index contributed by atoms with van der Waals surface area (Å²) in [7, 11) is 1.80.